The molecular weight excluding hydrogens is 456 g/mol. The standard InChI is InChI=1S/C17H17Cl2F3N2O4S/c18-12-9-11(17(20,21)22)10-13(19)16(12)24-14-3-1-2-4-15(14)29(26,27)23-5-7-28-8-6-25/h1-4,9-10,23-25H,5-8H2. The highest BCUT2D eigenvalue weighted by Crippen LogP contribution is 2.40. The number of para-hydroxylation sites is 1. The number of ether oxygens (including phenoxy) is 1. The Hall–Kier alpha value is -1.56. The average molecular weight is 473 g/mol. The van der Waals surface area contributed by atoms with Crippen molar-refractivity contribution < 1.29 is 31.4 Å². The van der Waals surface area contributed by atoms with Crippen LogP contribution in [0.3, 0.4) is 0 Å². The van der Waals surface area contributed by atoms with Gasteiger partial charge in [0.25, 0.3) is 0 Å². The first-order valence-corrected chi connectivity index (χ1v) is 10.4. The number of aliphatic hydroxyl groups excluding tert-OH is 1. The van der Waals surface area contributed by atoms with E-state index in [1.165, 1.54) is 24.3 Å². The van der Waals surface area contributed by atoms with E-state index < -0.39 is 21.8 Å². The van der Waals surface area contributed by atoms with E-state index in [0.717, 1.165) is 0 Å². The first-order chi connectivity index (χ1) is 13.6. The van der Waals surface area contributed by atoms with E-state index in [-0.39, 0.29) is 52.7 Å². The van der Waals surface area contributed by atoms with E-state index in [1.54, 1.807) is 0 Å². The summed E-state index contributed by atoms with van der Waals surface area (Å²) in [6, 6.07) is 7.15. The lowest BCUT2D eigenvalue weighted by Gasteiger charge is -2.16. The lowest BCUT2D eigenvalue weighted by molar-refractivity contribution is -0.137. The molecule has 0 unspecified atom stereocenters. The first kappa shape index (κ1) is 23.7. The van der Waals surface area contributed by atoms with E-state index >= 15 is 0 Å². The second-order valence-electron chi connectivity index (χ2n) is 5.67. The van der Waals surface area contributed by atoms with Crippen molar-refractivity contribution in [2.75, 3.05) is 31.7 Å². The van der Waals surface area contributed by atoms with Gasteiger partial charge in [-0.1, -0.05) is 35.3 Å². The SMILES string of the molecule is O=S(=O)(NCCOCCO)c1ccccc1Nc1c(Cl)cc(C(F)(F)F)cc1Cl. The lowest BCUT2D eigenvalue weighted by atomic mass is 10.2. The van der Waals surface area contributed by atoms with Crippen LogP contribution in [0.4, 0.5) is 24.5 Å². The average Bonchev–Trinajstić information content (AvgIpc) is 2.64. The molecule has 0 radical (unpaired) electrons. The molecule has 0 bridgehead atoms. The molecule has 0 amide bonds. The highest BCUT2D eigenvalue weighted by Gasteiger charge is 2.32. The van der Waals surface area contributed by atoms with Crippen LogP contribution in [0.15, 0.2) is 41.3 Å². The third-order valence-electron chi connectivity index (χ3n) is 3.58. The molecule has 6 nitrogen and oxygen atoms in total. The molecule has 0 aliphatic rings. The Morgan fingerprint density at radius 3 is 2.28 bits per heavy atom. The number of anilines is 2. The van der Waals surface area contributed by atoms with Gasteiger partial charge >= 0.3 is 6.18 Å². The maximum Gasteiger partial charge on any atom is 0.416 e. The van der Waals surface area contributed by atoms with Crippen molar-refractivity contribution in [1.29, 1.82) is 0 Å². The van der Waals surface area contributed by atoms with Crippen LogP contribution in [0.5, 0.6) is 0 Å². The number of halogens is 5. The van der Waals surface area contributed by atoms with Crippen LogP contribution in [-0.2, 0) is 20.9 Å². The smallest absolute Gasteiger partial charge is 0.394 e. The van der Waals surface area contributed by atoms with Gasteiger partial charge in [0.2, 0.25) is 10.0 Å². The summed E-state index contributed by atoms with van der Waals surface area (Å²) in [5.74, 6) is 0. The normalized spacial score (nSPS) is 12.2. The number of benzene rings is 2. The van der Waals surface area contributed by atoms with Crippen LogP contribution in [0.25, 0.3) is 0 Å². The summed E-state index contributed by atoms with van der Waals surface area (Å²) in [5, 5.41) is 10.7. The lowest BCUT2D eigenvalue weighted by Crippen LogP contribution is -2.28. The Balaban J connectivity index is 2.28. The summed E-state index contributed by atoms with van der Waals surface area (Å²) in [4.78, 5) is -0.158. The Morgan fingerprint density at radius 1 is 1.07 bits per heavy atom. The molecule has 0 aliphatic carbocycles. The van der Waals surface area contributed by atoms with Crippen molar-refractivity contribution in [3.8, 4) is 0 Å². The summed E-state index contributed by atoms with van der Waals surface area (Å²) in [7, 11) is -3.98. The molecule has 2 rings (SSSR count). The zero-order chi connectivity index (χ0) is 21.7. The summed E-state index contributed by atoms with van der Waals surface area (Å²) < 4.78 is 71.1. The van der Waals surface area contributed by atoms with Gasteiger partial charge in [-0.25, -0.2) is 13.1 Å². The fourth-order valence-electron chi connectivity index (χ4n) is 2.29. The predicted octanol–water partition coefficient (Wildman–Crippen LogP) is 4.04. The molecule has 2 aromatic carbocycles. The van der Waals surface area contributed by atoms with Crippen LogP contribution in [0, 0.1) is 0 Å². The van der Waals surface area contributed by atoms with Crippen molar-refractivity contribution in [3.63, 3.8) is 0 Å². The Morgan fingerprint density at radius 2 is 1.69 bits per heavy atom. The highest BCUT2D eigenvalue weighted by molar-refractivity contribution is 7.89. The maximum atomic E-state index is 12.9. The molecule has 3 N–H and O–H groups in total. The predicted molar refractivity (Wildman–Crippen MR) is 104 cm³/mol. The van der Waals surface area contributed by atoms with Gasteiger partial charge in [-0.3, -0.25) is 0 Å². The number of rotatable bonds is 9. The van der Waals surface area contributed by atoms with Crippen molar-refractivity contribution >= 4 is 44.6 Å². The van der Waals surface area contributed by atoms with Crippen molar-refractivity contribution in [2.45, 2.75) is 11.1 Å². The molecule has 0 aliphatic heterocycles. The van der Waals surface area contributed by atoms with E-state index in [9.17, 15) is 21.6 Å². The van der Waals surface area contributed by atoms with Crippen LogP contribution < -0.4 is 10.0 Å². The fourth-order valence-corrected chi connectivity index (χ4v) is 4.04. The summed E-state index contributed by atoms with van der Waals surface area (Å²) in [6.07, 6.45) is -4.63. The summed E-state index contributed by atoms with van der Waals surface area (Å²) >= 11 is 11.9. The molecule has 29 heavy (non-hydrogen) atoms. The topological polar surface area (TPSA) is 87.7 Å². The first-order valence-electron chi connectivity index (χ1n) is 8.17. The minimum Gasteiger partial charge on any atom is -0.394 e. The van der Waals surface area contributed by atoms with Crippen LogP contribution in [0.2, 0.25) is 10.0 Å². The largest absolute Gasteiger partial charge is 0.416 e. The Bertz CT molecular complexity index is 933. The van der Waals surface area contributed by atoms with Gasteiger partial charge in [0, 0.05) is 6.54 Å². The molecule has 0 fully saturated rings. The zero-order valence-electron chi connectivity index (χ0n) is 14.8. The second-order valence-corrected chi connectivity index (χ2v) is 8.22. The van der Waals surface area contributed by atoms with Gasteiger partial charge in [-0.2, -0.15) is 13.2 Å². The molecule has 160 valence electrons. The van der Waals surface area contributed by atoms with Gasteiger partial charge in [0.05, 0.1) is 46.8 Å². The molecule has 0 atom stereocenters. The van der Waals surface area contributed by atoms with Gasteiger partial charge in [0.1, 0.15) is 4.90 Å². The van der Waals surface area contributed by atoms with E-state index in [1.807, 2.05) is 0 Å². The molecule has 0 aromatic heterocycles. The van der Waals surface area contributed by atoms with E-state index in [4.69, 9.17) is 33.0 Å². The monoisotopic (exact) mass is 472 g/mol. The number of alkyl halides is 3. The molecule has 0 saturated carbocycles. The fraction of sp³-hybridized carbons (Fsp3) is 0.294. The van der Waals surface area contributed by atoms with Crippen molar-refractivity contribution in [2.24, 2.45) is 0 Å². The Labute approximate surface area is 175 Å². The van der Waals surface area contributed by atoms with Crippen molar-refractivity contribution in [3.05, 3.63) is 52.0 Å². The quantitative estimate of drug-likeness (QED) is 0.479. The van der Waals surface area contributed by atoms with E-state index in [2.05, 4.69) is 10.0 Å². The third-order valence-corrected chi connectivity index (χ3v) is 5.70. The summed E-state index contributed by atoms with van der Waals surface area (Å²) in [6.45, 7) is -0.108. The number of aliphatic hydroxyl groups is 1. The molecular formula is C17H17Cl2F3N2O4S. The van der Waals surface area contributed by atoms with Crippen LogP contribution >= 0.6 is 23.2 Å². The minimum atomic E-state index is -4.63. The molecule has 0 heterocycles. The highest BCUT2D eigenvalue weighted by atomic mass is 35.5. The minimum absolute atomic E-state index is 0.0432. The molecule has 0 spiro atoms. The van der Waals surface area contributed by atoms with Gasteiger partial charge in [-0.15, -0.1) is 0 Å². The molecule has 0 saturated heterocycles. The maximum absolute atomic E-state index is 12.9. The third kappa shape index (κ3) is 6.46. The van der Waals surface area contributed by atoms with E-state index in [0.29, 0.717) is 12.1 Å². The number of hydrogen-bond acceptors (Lipinski definition) is 5. The number of nitrogens with one attached hydrogen (secondary N) is 2. The number of sulfonamides is 1. The van der Waals surface area contributed by atoms with Gasteiger partial charge in [0.15, 0.2) is 0 Å². The van der Waals surface area contributed by atoms with Crippen LogP contribution in [0.1, 0.15) is 5.56 Å². The zero-order valence-corrected chi connectivity index (χ0v) is 17.1. The number of hydrogen-bond donors (Lipinski definition) is 3. The van der Waals surface area contributed by atoms with Gasteiger partial charge in [-0.05, 0) is 24.3 Å². The van der Waals surface area contributed by atoms with Crippen LogP contribution in [-0.4, -0.2) is 39.9 Å². The second kappa shape index (κ2) is 9.96. The summed E-state index contributed by atoms with van der Waals surface area (Å²) in [5.41, 5.74) is -1.02. The van der Waals surface area contributed by atoms with Gasteiger partial charge < -0.3 is 15.2 Å². The Kier molecular flexibility index (Phi) is 8.15. The molecule has 2 aromatic rings. The van der Waals surface area contributed by atoms with Crippen molar-refractivity contribution in [1.82, 2.24) is 4.72 Å². The molecule has 12 heteroatoms.